The van der Waals surface area contributed by atoms with Gasteiger partial charge in [0.25, 0.3) is 0 Å². The zero-order valence-corrected chi connectivity index (χ0v) is 16.0. The number of aromatic amines is 1. The molecule has 0 atom stereocenters. The fourth-order valence-corrected chi connectivity index (χ4v) is 3.18. The Morgan fingerprint density at radius 1 is 1.10 bits per heavy atom. The number of rotatable bonds is 6. The monoisotopic (exact) mass is 414 g/mol. The minimum atomic E-state index is -4.75. The van der Waals surface area contributed by atoms with Crippen LogP contribution in [0.2, 0.25) is 0 Å². The van der Waals surface area contributed by atoms with Gasteiger partial charge in [-0.05, 0) is 65.9 Å². The van der Waals surface area contributed by atoms with Crippen LogP contribution >= 0.6 is 0 Å². The molecule has 4 aromatic rings. The number of nitrogens with one attached hydrogen (secondary N) is 1. The molecule has 0 bridgehead atoms. The topological polar surface area (TPSA) is 76.8 Å². The van der Waals surface area contributed by atoms with Gasteiger partial charge in [0.1, 0.15) is 11.3 Å². The summed E-state index contributed by atoms with van der Waals surface area (Å²) in [5, 5.41) is 14.6. The summed E-state index contributed by atoms with van der Waals surface area (Å²) in [7, 11) is 0. The third-order valence-electron chi connectivity index (χ3n) is 4.58. The van der Waals surface area contributed by atoms with Crippen LogP contribution in [-0.4, -0.2) is 27.0 Å². The van der Waals surface area contributed by atoms with Crippen LogP contribution in [-0.2, 0) is 12.8 Å². The SMILES string of the molecule is C=C(C)c1cc(CCc2ccc3cc(-c4nn[nH]n4)oc3c2)ccc1OC(F)(F)F. The van der Waals surface area contributed by atoms with Crippen molar-refractivity contribution in [1.29, 1.82) is 0 Å². The summed E-state index contributed by atoms with van der Waals surface area (Å²) in [5.74, 6) is 0.647. The summed E-state index contributed by atoms with van der Waals surface area (Å²) in [6.07, 6.45) is -3.43. The minimum absolute atomic E-state index is 0.246. The van der Waals surface area contributed by atoms with E-state index in [9.17, 15) is 13.2 Å². The van der Waals surface area contributed by atoms with Gasteiger partial charge < -0.3 is 9.15 Å². The van der Waals surface area contributed by atoms with Gasteiger partial charge in [0.2, 0.25) is 5.82 Å². The second-order valence-corrected chi connectivity index (χ2v) is 6.88. The molecule has 0 unspecified atom stereocenters. The standard InChI is InChI=1S/C21H17F3N4O2/c1-12(2)16-9-13(6-8-17(16)30-21(22,23)24)3-4-14-5-7-15-11-19(29-18(15)10-14)20-25-27-28-26-20/h5-11H,1,3-4H2,2H3,(H,25,26,27,28). The molecule has 0 fully saturated rings. The number of furan rings is 1. The number of aryl methyl sites for hydroxylation is 2. The molecule has 2 aromatic heterocycles. The van der Waals surface area contributed by atoms with Crippen LogP contribution in [0, 0.1) is 0 Å². The van der Waals surface area contributed by atoms with Crippen LogP contribution in [0.1, 0.15) is 23.6 Å². The third kappa shape index (κ3) is 4.35. The number of fused-ring (bicyclic) bond motifs is 1. The highest BCUT2D eigenvalue weighted by Gasteiger charge is 2.32. The number of allylic oxidation sites excluding steroid dienone is 1. The number of tetrazole rings is 1. The Hall–Kier alpha value is -3.62. The quantitative estimate of drug-likeness (QED) is 0.461. The van der Waals surface area contributed by atoms with E-state index in [1.807, 2.05) is 24.3 Å². The number of benzene rings is 2. The zero-order chi connectivity index (χ0) is 21.3. The molecule has 0 aliphatic heterocycles. The largest absolute Gasteiger partial charge is 0.573 e. The van der Waals surface area contributed by atoms with Crippen LogP contribution < -0.4 is 4.74 Å². The molecule has 0 aliphatic rings. The van der Waals surface area contributed by atoms with E-state index >= 15 is 0 Å². The molecule has 2 heterocycles. The second-order valence-electron chi connectivity index (χ2n) is 6.88. The molecule has 0 spiro atoms. The molecule has 6 nitrogen and oxygen atoms in total. The maximum atomic E-state index is 12.6. The Kier molecular flexibility index (Phi) is 5.03. The van der Waals surface area contributed by atoms with E-state index in [4.69, 9.17) is 4.42 Å². The average molecular weight is 414 g/mol. The van der Waals surface area contributed by atoms with Crippen molar-refractivity contribution < 1.29 is 22.3 Å². The lowest BCUT2D eigenvalue weighted by Gasteiger charge is -2.14. The Morgan fingerprint density at radius 2 is 1.83 bits per heavy atom. The molecule has 2 aromatic carbocycles. The predicted octanol–water partition coefficient (Wildman–Crippen LogP) is 5.33. The summed E-state index contributed by atoms with van der Waals surface area (Å²) in [6.45, 7) is 5.40. The predicted molar refractivity (Wildman–Crippen MR) is 105 cm³/mol. The first-order valence-corrected chi connectivity index (χ1v) is 9.09. The molecule has 0 saturated carbocycles. The highest BCUT2D eigenvalue weighted by molar-refractivity contribution is 5.82. The molecule has 1 N–H and O–H groups in total. The molecule has 0 radical (unpaired) electrons. The van der Waals surface area contributed by atoms with Crippen molar-refractivity contribution in [2.24, 2.45) is 0 Å². The average Bonchev–Trinajstić information content (AvgIpc) is 3.34. The summed E-state index contributed by atoms with van der Waals surface area (Å²) in [5.41, 5.74) is 3.46. The maximum Gasteiger partial charge on any atom is 0.573 e. The number of halogens is 3. The summed E-state index contributed by atoms with van der Waals surface area (Å²) in [6, 6.07) is 12.3. The number of aromatic nitrogens is 4. The van der Waals surface area contributed by atoms with Gasteiger partial charge >= 0.3 is 6.36 Å². The fourth-order valence-electron chi connectivity index (χ4n) is 3.18. The lowest BCUT2D eigenvalue weighted by atomic mass is 9.99. The Morgan fingerprint density at radius 3 is 2.50 bits per heavy atom. The Labute approximate surface area is 169 Å². The van der Waals surface area contributed by atoms with Gasteiger partial charge in [-0.3, -0.25) is 0 Å². The van der Waals surface area contributed by atoms with Crippen molar-refractivity contribution >= 4 is 16.5 Å². The summed E-state index contributed by atoms with van der Waals surface area (Å²) < 4.78 is 47.7. The molecule has 0 amide bonds. The highest BCUT2D eigenvalue weighted by Crippen LogP contribution is 2.32. The molecule has 4 rings (SSSR count). The minimum Gasteiger partial charge on any atom is -0.453 e. The van der Waals surface area contributed by atoms with E-state index in [1.54, 1.807) is 19.1 Å². The van der Waals surface area contributed by atoms with E-state index < -0.39 is 6.36 Å². The van der Waals surface area contributed by atoms with Crippen molar-refractivity contribution in [1.82, 2.24) is 20.6 Å². The zero-order valence-electron chi connectivity index (χ0n) is 16.0. The van der Waals surface area contributed by atoms with E-state index in [1.165, 1.54) is 6.07 Å². The first-order valence-electron chi connectivity index (χ1n) is 9.09. The number of hydrogen-bond donors (Lipinski definition) is 1. The van der Waals surface area contributed by atoms with Gasteiger partial charge in [-0.25, -0.2) is 0 Å². The lowest BCUT2D eigenvalue weighted by molar-refractivity contribution is -0.274. The maximum absolute atomic E-state index is 12.6. The summed E-state index contributed by atoms with van der Waals surface area (Å²) in [4.78, 5) is 0. The second kappa shape index (κ2) is 7.66. The van der Waals surface area contributed by atoms with Crippen molar-refractivity contribution in [3.05, 3.63) is 65.7 Å². The molecule has 154 valence electrons. The number of ether oxygens (including phenoxy) is 1. The third-order valence-corrected chi connectivity index (χ3v) is 4.58. The highest BCUT2D eigenvalue weighted by atomic mass is 19.4. The van der Waals surface area contributed by atoms with Crippen molar-refractivity contribution in [3.63, 3.8) is 0 Å². The number of hydrogen-bond acceptors (Lipinski definition) is 5. The Bertz CT molecular complexity index is 1200. The van der Waals surface area contributed by atoms with Crippen LogP contribution in [0.5, 0.6) is 5.75 Å². The van der Waals surface area contributed by atoms with E-state index in [2.05, 4.69) is 31.9 Å². The van der Waals surface area contributed by atoms with E-state index in [-0.39, 0.29) is 5.75 Å². The molecule has 30 heavy (non-hydrogen) atoms. The van der Waals surface area contributed by atoms with Crippen molar-refractivity contribution in [3.8, 4) is 17.3 Å². The van der Waals surface area contributed by atoms with Gasteiger partial charge in [0.05, 0.1) is 0 Å². The van der Waals surface area contributed by atoms with E-state index in [0.29, 0.717) is 41.1 Å². The van der Waals surface area contributed by atoms with E-state index in [0.717, 1.165) is 16.5 Å². The van der Waals surface area contributed by atoms with Crippen molar-refractivity contribution in [2.75, 3.05) is 0 Å². The van der Waals surface area contributed by atoms with Gasteiger partial charge in [-0.15, -0.1) is 23.4 Å². The van der Waals surface area contributed by atoms with Crippen LogP contribution in [0.3, 0.4) is 0 Å². The first kappa shape index (κ1) is 19.7. The number of alkyl halides is 3. The normalized spacial score (nSPS) is 11.7. The van der Waals surface area contributed by atoms with Crippen LogP contribution in [0.25, 0.3) is 28.1 Å². The first-order chi connectivity index (χ1) is 14.3. The number of H-pyrrole nitrogens is 1. The lowest BCUT2D eigenvalue weighted by Crippen LogP contribution is -2.18. The van der Waals surface area contributed by atoms with Gasteiger partial charge in [-0.1, -0.05) is 24.8 Å². The smallest absolute Gasteiger partial charge is 0.453 e. The van der Waals surface area contributed by atoms with Crippen LogP contribution in [0.4, 0.5) is 13.2 Å². The van der Waals surface area contributed by atoms with Gasteiger partial charge in [0, 0.05) is 10.9 Å². The molecular weight excluding hydrogens is 397 g/mol. The molecule has 9 heteroatoms. The molecule has 0 saturated heterocycles. The molecular formula is C21H17F3N4O2. The van der Waals surface area contributed by atoms with Crippen molar-refractivity contribution in [2.45, 2.75) is 26.1 Å². The number of nitrogens with zero attached hydrogens (tertiary/aromatic N) is 3. The van der Waals surface area contributed by atoms with Crippen LogP contribution in [0.15, 0.2) is 53.5 Å². The molecule has 0 aliphatic carbocycles. The van der Waals surface area contributed by atoms with Gasteiger partial charge in [0.15, 0.2) is 5.76 Å². The van der Waals surface area contributed by atoms with Gasteiger partial charge in [-0.2, -0.15) is 5.21 Å². The Balaban J connectivity index is 1.52. The fraction of sp³-hybridized carbons (Fsp3) is 0.190. The summed E-state index contributed by atoms with van der Waals surface area (Å²) >= 11 is 0.